The molecule has 1 fully saturated rings. The first-order valence-corrected chi connectivity index (χ1v) is 7.12. The number of nitro benzene ring substituents is 1. The predicted octanol–water partition coefficient (Wildman–Crippen LogP) is 2.26. The number of non-ortho nitro benzene ring substituents is 1. The van der Waals surface area contributed by atoms with E-state index in [1.165, 1.54) is 30.5 Å². The summed E-state index contributed by atoms with van der Waals surface area (Å²) in [4.78, 5) is 51.2. The van der Waals surface area contributed by atoms with E-state index in [0.29, 0.717) is 6.42 Å². The Kier molecular flexibility index (Phi) is 3.69. The number of pyridine rings is 1. The van der Waals surface area contributed by atoms with Crippen LogP contribution in [0.2, 0.25) is 0 Å². The van der Waals surface area contributed by atoms with Gasteiger partial charge in [-0.05, 0) is 24.6 Å². The standard InChI is InChI=1S/C16H12N2O5/c19-12-4-1-5-13(20)14(12)16(21)10-6-7-11(18(22)23)9-3-2-8-17-15(9)10/h2-3,6-8,14H,1,4-5H2. The van der Waals surface area contributed by atoms with E-state index in [1.54, 1.807) is 0 Å². The second-order valence-corrected chi connectivity index (χ2v) is 5.37. The van der Waals surface area contributed by atoms with Gasteiger partial charge < -0.3 is 0 Å². The monoisotopic (exact) mass is 312 g/mol. The van der Waals surface area contributed by atoms with Gasteiger partial charge in [-0.3, -0.25) is 29.5 Å². The van der Waals surface area contributed by atoms with Gasteiger partial charge in [0.15, 0.2) is 17.3 Å². The fraction of sp³-hybridized carbons (Fsp3) is 0.250. The molecule has 1 aliphatic carbocycles. The highest BCUT2D eigenvalue weighted by molar-refractivity contribution is 6.27. The Morgan fingerprint density at radius 1 is 1.17 bits per heavy atom. The van der Waals surface area contributed by atoms with Crippen molar-refractivity contribution in [2.24, 2.45) is 5.92 Å². The maximum absolute atomic E-state index is 12.7. The van der Waals surface area contributed by atoms with E-state index in [2.05, 4.69) is 4.98 Å². The maximum atomic E-state index is 12.7. The Morgan fingerprint density at radius 2 is 1.87 bits per heavy atom. The van der Waals surface area contributed by atoms with Crippen molar-refractivity contribution in [2.75, 3.05) is 0 Å². The molecule has 2 aromatic rings. The van der Waals surface area contributed by atoms with E-state index < -0.39 is 28.2 Å². The number of Topliss-reactive ketones (excluding diaryl/α,β-unsaturated/α-hetero) is 3. The Hall–Kier alpha value is -2.96. The number of rotatable bonds is 3. The van der Waals surface area contributed by atoms with Crippen LogP contribution in [-0.2, 0) is 9.59 Å². The first-order valence-electron chi connectivity index (χ1n) is 7.12. The molecule has 0 atom stereocenters. The van der Waals surface area contributed by atoms with Crippen molar-refractivity contribution in [1.82, 2.24) is 4.98 Å². The highest BCUT2D eigenvalue weighted by Crippen LogP contribution is 2.30. The quantitative estimate of drug-likeness (QED) is 0.372. The molecule has 0 spiro atoms. The summed E-state index contributed by atoms with van der Waals surface area (Å²) in [6.07, 6.45) is 2.26. The van der Waals surface area contributed by atoms with Gasteiger partial charge in [-0.2, -0.15) is 0 Å². The van der Waals surface area contributed by atoms with E-state index >= 15 is 0 Å². The van der Waals surface area contributed by atoms with Crippen LogP contribution in [0.1, 0.15) is 29.6 Å². The number of nitrogens with zero attached hydrogens (tertiary/aromatic N) is 2. The zero-order chi connectivity index (χ0) is 16.6. The van der Waals surface area contributed by atoms with E-state index in [1.807, 2.05) is 0 Å². The minimum absolute atomic E-state index is 0.0693. The van der Waals surface area contributed by atoms with Crippen molar-refractivity contribution in [3.63, 3.8) is 0 Å². The molecule has 0 saturated heterocycles. The van der Waals surface area contributed by atoms with E-state index in [-0.39, 0.29) is 35.0 Å². The summed E-state index contributed by atoms with van der Waals surface area (Å²) in [5.74, 6) is -2.73. The molecule has 0 amide bonds. The number of ketones is 3. The third-order valence-corrected chi connectivity index (χ3v) is 3.96. The lowest BCUT2D eigenvalue weighted by Gasteiger charge is -2.18. The zero-order valence-electron chi connectivity index (χ0n) is 12.0. The van der Waals surface area contributed by atoms with E-state index in [4.69, 9.17) is 0 Å². The Bertz CT molecular complexity index is 843. The van der Waals surface area contributed by atoms with Crippen LogP contribution in [0.15, 0.2) is 30.5 Å². The van der Waals surface area contributed by atoms with Crippen molar-refractivity contribution in [1.29, 1.82) is 0 Å². The van der Waals surface area contributed by atoms with Gasteiger partial charge in [-0.1, -0.05) is 0 Å². The largest absolute Gasteiger partial charge is 0.298 e. The molecule has 1 aliphatic rings. The molecular weight excluding hydrogens is 300 g/mol. The lowest BCUT2D eigenvalue weighted by Crippen LogP contribution is -2.35. The summed E-state index contributed by atoms with van der Waals surface area (Å²) in [5, 5.41) is 11.3. The smallest absolute Gasteiger partial charge is 0.278 e. The molecule has 23 heavy (non-hydrogen) atoms. The molecule has 0 radical (unpaired) electrons. The number of hydrogen-bond donors (Lipinski definition) is 0. The molecular formula is C16H12N2O5. The molecule has 0 unspecified atom stereocenters. The second-order valence-electron chi connectivity index (χ2n) is 5.37. The maximum Gasteiger partial charge on any atom is 0.278 e. The molecule has 1 heterocycles. The van der Waals surface area contributed by atoms with Gasteiger partial charge in [-0.15, -0.1) is 0 Å². The third-order valence-electron chi connectivity index (χ3n) is 3.96. The van der Waals surface area contributed by atoms with Crippen molar-refractivity contribution in [2.45, 2.75) is 19.3 Å². The highest BCUT2D eigenvalue weighted by atomic mass is 16.6. The molecule has 1 saturated carbocycles. The van der Waals surface area contributed by atoms with Crippen LogP contribution >= 0.6 is 0 Å². The lowest BCUT2D eigenvalue weighted by atomic mass is 9.81. The molecule has 7 nitrogen and oxygen atoms in total. The summed E-state index contributed by atoms with van der Waals surface area (Å²) in [6.45, 7) is 0. The zero-order valence-corrected chi connectivity index (χ0v) is 12.0. The minimum Gasteiger partial charge on any atom is -0.298 e. The third kappa shape index (κ3) is 2.50. The highest BCUT2D eigenvalue weighted by Gasteiger charge is 2.37. The van der Waals surface area contributed by atoms with Gasteiger partial charge in [0, 0.05) is 30.7 Å². The first-order chi connectivity index (χ1) is 11.0. The molecule has 0 aliphatic heterocycles. The van der Waals surface area contributed by atoms with E-state index in [0.717, 1.165) is 0 Å². The number of fused-ring (bicyclic) bond motifs is 1. The minimum atomic E-state index is -1.31. The molecule has 116 valence electrons. The number of hydrogen-bond acceptors (Lipinski definition) is 6. The molecule has 1 aromatic heterocycles. The average Bonchev–Trinajstić information content (AvgIpc) is 2.53. The average molecular weight is 312 g/mol. The van der Waals surface area contributed by atoms with Gasteiger partial charge in [0.2, 0.25) is 0 Å². The topological polar surface area (TPSA) is 107 Å². The van der Waals surface area contributed by atoms with Crippen molar-refractivity contribution in [3.05, 3.63) is 46.1 Å². The number of nitro groups is 1. The molecule has 3 rings (SSSR count). The number of carbonyl (C=O) groups excluding carboxylic acids is 3. The van der Waals surface area contributed by atoms with Crippen LogP contribution in [0.5, 0.6) is 0 Å². The van der Waals surface area contributed by atoms with Crippen molar-refractivity contribution >= 4 is 33.9 Å². The predicted molar refractivity (Wildman–Crippen MR) is 80.1 cm³/mol. The van der Waals surface area contributed by atoms with Crippen LogP contribution < -0.4 is 0 Å². The van der Waals surface area contributed by atoms with Crippen molar-refractivity contribution in [3.8, 4) is 0 Å². The molecule has 7 heteroatoms. The normalized spacial score (nSPS) is 15.8. The van der Waals surface area contributed by atoms with Crippen LogP contribution in [0.4, 0.5) is 5.69 Å². The number of benzene rings is 1. The van der Waals surface area contributed by atoms with Crippen LogP contribution in [0, 0.1) is 16.0 Å². The SMILES string of the molecule is O=C1CCCC(=O)C1C(=O)c1ccc([N+](=O)[O-])c2cccnc12. The lowest BCUT2D eigenvalue weighted by molar-refractivity contribution is -0.383. The van der Waals surface area contributed by atoms with Crippen LogP contribution in [0.3, 0.4) is 0 Å². The van der Waals surface area contributed by atoms with Gasteiger partial charge in [-0.25, -0.2) is 0 Å². The second kappa shape index (κ2) is 5.68. The van der Waals surface area contributed by atoms with Crippen LogP contribution in [0.25, 0.3) is 10.9 Å². The Morgan fingerprint density at radius 3 is 2.52 bits per heavy atom. The summed E-state index contributed by atoms with van der Waals surface area (Å²) in [7, 11) is 0. The van der Waals surface area contributed by atoms with Crippen molar-refractivity contribution < 1.29 is 19.3 Å². The van der Waals surface area contributed by atoms with Gasteiger partial charge in [0.05, 0.1) is 15.8 Å². The molecule has 1 aromatic carbocycles. The fourth-order valence-electron chi connectivity index (χ4n) is 2.87. The summed E-state index contributed by atoms with van der Waals surface area (Å²) in [6, 6.07) is 5.49. The Balaban J connectivity index is 2.15. The Labute approximate surface area is 130 Å². The first kappa shape index (κ1) is 15.0. The number of carbonyl (C=O) groups is 3. The van der Waals surface area contributed by atoms with Crippen LogP contribution in [-0.4, -0.2) is 27.3 Å². The fourth-order valence-corrected chi connectivity index (χ4v) is 2.87. The molecule has 0 bridgehead atoms. The summed E-state index contributed by atoms with van der Waals surface area (Å²) < 4.78 is 0. The van der Waals surface area contributed by atoms with E-state index in [9.17, 15) is 24.5 Å². The van der Waals surface area contributed by atoms with Gasteiger partial charge >= 0.3 is 0 Å². The molecule has 0 N–H and O–H groups in total. The van der Waals surface area contributed by atoms with Gasteiger partial charge in [0.25, 0.3) is 5.69 Å². The summed E-state index contributed by atoms with van der Waals surface area (Å²) >= 11 is 0. The summed E-state index contributed by atoms with van der Waals surface area (Å²) in [5.41, 5.74) is 0.0311. The number of aromatic nitrogens is 1. The van der Waals surface area contributed by atoms with Gasteiger partial charge in [0.1, 0.15) is 5.92 Å².